The first-order chi connectivity index (χ1) is 11.8. The van der Waals surface area contributed by atoms with Gasteiger partial charge in [0.15, 0.2) is 5.78 Å². The Kier molecular flexibility index (Phi) is 4.82. The molecule has 0 fully saturated rings. The molecule has 0 atom stereocenters. The molecule has 8 heteroatoms. The van der Waals surface area contributed by atoms with E-state index in [0.717, 1.165) is 4.90 Å². The third kappa shape index (κ3) is 4.02. The summed E-state index contributed by atoms with van der Waals surface area (Å²) in [5.41, 5.74) is 1.37. The van der Waals surface area contributed by atoms with Crippen molar-refractivity contribution in [1.29, 1.82) is 0 Å². The van der Waals surface area contributed by atoms with E-state index in [1.807, 2.05) is 0 Å². The van der Waals surface area contributed by atoms with Crippen LogP contribution in [-0.4, -0.2) is 25.9 Å². The molecule has 25 heavy (non-hydrogen) atoms. The van der Waals surface area contributed by atoms with Crippen LogP contribution in [0.25, 0.3) is 0 Å². The first-order valence-electron chi connectivity index (χ1n) is 7.56. The zero-order valence-electron chi connectivity index (χ0n) is 13.4. The van der Waals surface area contributed by atoms with Crippen LogP contribution >= 0.6 is 11.8 Å². The molecule has 130 valence electrons. The summed E-state index contributed by atoms with van der Waals surface area (Å²) < 4.78 is 27.6. The van der Waals surface area contributed by atoms with E-state index in [1.54, 1.807) is 18.2 Å². The molecule has 0 aliphatic carbocycles. The van der Waals surface area contributed by atoms with Gasteiger partial charge in [0.25, 0.3) is 10.0 Å². The standard InChI is InChI=1S/C17H16N2O4S2/c1-11(20)12-2-4-13(5-3-12)19-25(22,23)14-6-7-16-15(10-14)18-17(21)8-9-24-16/h2-7,10,19H,8-9H2,1H3,(H,18,21). The number of nitrogens with one attached hydrogen (secondary N) is 2. The van der Waals surface area contributed by atoms with E-state index in [9.17, 15) is 18.0 Å². The van der Waals surface area contributed by atoms with Gasteiger partial charge in [-0.3, -0.25) is 14.3 Å². The first kappa shape index (κ1) is 17.5. The molecule has 1 aliphatic heterocycles. The normalized spacial score (nSPS) is 14.2. The molecular weight excluding hydrogens is 360 g/mol. The van der Waals surface area contributed by atoms with Crippen LogP contribution in [-0.2, 0) is 14.8 Å². The Morgan fingerprint density at radius 1 is 1.16 bits per heavy atom. The van der Waals surface area contributed by atoms with Gasteiger partial charge in [0.1, 0.15) is 0 Å². The highest BCUT2D eigenvalue weighted by Crippen LogP contribution is 2.33. The van der Waals surface area contributed by atoms with Crippen LogP contribution in [0.1, 0.15) is 23.7 Å². The van der Waals surface area contributed by atoms with Crippen molar-refractivity contribution in [2.45, 2.75) is 23.1 Å². The molecular formula is C17H16N2O4S2. The van der Waals surface area contributed by atoms with Gasteiger partial charge in [-0.05, 0) is 49.4 Å². The van der Waals surface area contributed by atoms with E-state index in [4.69, 9.17) is 0 Å². The summed E-state index contributed by atoms with van der Waals surface area (Å²) >= 11 is 1.51. The molecule has 2 N–H and O–H groups in total. The maximum atomic E-state index is 12.6. The summed E-state index contributed by atoms with van der Waals surface area (Å²) in [6, 6.07) is 10.9. The topological polar surface area (TPSA) is 92.3 Å². The third-order valence-electron chi connectivity index (χ3n) is 3.67. The summed E-state index contributed by atoms with van der Waals surface area (Å²) in [4.78, 5) is 23.9. The summed E-state index contributed by atoms with van der Waals surface area (Å²) in [5, 5.41) is 2.73. The molecule has 6 nitrogen and oxygen atoms in total. The molecule has 0 saturated carbocycles. The minimum Gasteiger partial charge on any atom is -0.325 e. The number of carbonyl (C=O) groups is 2. The van der Waals surface area contributed by atoms with Crippen molar-refractivity contribution in [1.82, 2.24) is 0 Å². The van der Waals surface area contributed by atoms with Gasteiger partial charge in [-0.15, -0.1) is 11.8 Å². The lowest BCUT2D eigenvalue weighted by atomic mass is 10.1. The second kappa shape index (κ2) is 6.89. The molecule has 2 aromatic rings. The Bertz CT molecular complexity index is 938. The molecule has 0 unspecified atom stereocenters. The van der Waals surface area contributed by atoms with Gasteiger partial charge >= 0.3 is 0 Å². The van der Waals surface area contributed by atoms with Gasteiger partial charge in [0.05, 0.1) is 10.6 Å². The Labute approximate surface area is 150 Å². The van der Waals surface area contributed by atoms with E-state index < -0.39 is 10.0 Å². The SMILES string of the molecule is CC(=O)c1ccc(NS(=O)(=O)c2ccc3c(c2)NC(=O)CCS3)cc1. The Balaban J connectivity index is 1.87. The Hall–Kier alpha value is -2.32. The molecule has 1 aliphatic rings. The fourth-order valence-corrected chi connectivity index (χ4v) is 4.37. The fraction of sp³-hybridized carbons (Fsp3) is 0.176. The Morgan fingerprint density at radius 3 is 2.56 bits per heavy atom. The number of ketones is 1. The molecule has 1 heterocycles. The average molecular weight is 376 g/mol. The van der Waals surface area contributed by atoms with Crippen molar-refractivity contribution in [3.63, 3.8) is 0 Å². The largest absolute Gasteiger partial charge is 0.325 e. The van der Waals surface area contributed by atoms with Gasteiger partial charge in [0, 0.05) is 28.3 Å². The highest BCUT2D eigenvalue weighted by molar-refractivity contribution is 7.99. The van der Waals surface area contributed by atoms with E-state index in [0.29, 0.717) is 29.1 Å². The predicted molar refractivity (Wildman–Crippen MR) is 97.7 cm³/mol. The number of amides is 1. The number of benzene rings is 2. The van der Waals surface area contributed by atoms with E-state index in [2.05, 4.69) is 10.0 Å². The molecule has 2 aromatic carbocycles. The van der Waals surface area contributed by atoms with Crippen LogP contribution in [0.3, 0.4) is 0 Å². The molecule has 3 rings (SSSR count). The predicted octanol–water partition coefficient (Wildman–Crippen LogP) is 3.12. The molecule has 0 saturated heterocycles. The monoisotopic (exact) mass is 376 g/mol. The van der Waals surface area contributed by atoms with Crippen molar-refractivity contribution in [3.05, 3.63) is 48.0 Å². The first-order valence-corrected chi connectivity index (χ1v) is 10.0. The molecule has 0 spiro atoms. The highest BCUT2D eigenvalue weighted by Gasteiger charge is 2.19. The summed E-state index contributed by atoms with van der Waals surface area (Å²) in [6.07, 6.45) is 0.391. The second-order valence-corrected chi connectivity index (χ2v) is 8.36. The zero-order chi connectivity index (χ0) is 18.0. The van der Waals surface area contributed by atoms with Gasteiger partial charge in [-0.25, -0.2) is 8.42 Å². The molecule has 0 radical (unpaired) electrons. The maximum Gasteiger partial charge on any atom is 0.261 e. The van der Waals surface area contributed by atoms with Gasteiger partial charge in [-0.2, -0.15) is 0 Å². The number of fused-ring (bicyclic) bond motifs is 1. The lowest BCUT2D eigenvalue weighted by Crippen LogP contribution is -2.14. The van der Waals surface area contributed by atoms with Crippen molar-refractivity contribution in [3.8, 4) is 0 Å². The summed E-state index contributed by atoms with van der Waals surface area (Å²) in [5.74, 6) is 0.438. The third-order valence-corrected chi connectivity index (χ3v) is 6.12. The van der Waals surface area contributed by atoms with Crippen molar-refractivity contribution >= 4 is 44.9 Å². The lowest BCUT2D eigenvalue weighted by Gasteiger charge is -2.11. The minimum atomic E-state index is -3.80. The van der Waals surface area contributed by atoms with E-state index in [-0.39, 0.29) is 16.6 Å². The van der Waals surface area contributed by atoms with Gasteiger partial charge in [-0.1, -0.05) is 0 Å². The second-order valence-electron chi connectivity index (χ2n) is 5.54. The average Bonchev–Trinajstić information content (AvgIpc) is 2.74. The number of sulfonamides is 1. The van der Waals surface area contributed by atoms with Crippen LogP contribution in [0.4, 0.5) is 11.4 Å². The quantitative estimate of drug-likeness (QED) is 0.800. The Morgan fingerprint density at radius 2 is 1.88 bits per heavy atom. The number of rotatable bonds is 4. The van der Waals surface area contributed by atoms with Crippen LogP contribution in [0.15, 0.2) is 52.3 Å². The number of Topliss-reactive ketones (excluding diaryl/α,β-unsaturated/α-hetero) is 1. The number of hydrogen-bond donors (Lipinski definition) is 2. The maximum absolute atomic E-state index is 12.6. The molecule has 0 aromatic heterocycles. The number of thioether (sulfide) groups is 1. The smallest absolute Gasteiger partial charge is 0.261 e. The number of anilines is 2. The highest BCUT2D eigenvalue weighted by atomic mass is 32.2. The van der Waals surface area contributed by atoms with Gasteiger partial charge in [0.2, 0.25) is 5.91 Å². The fourth-order valence-electron chi connectivity index (χ4n) is 2.35. The summed E-state index contributed by atoms with van der Waals surface area (Å²) in [7, 11) is -3.80. The van der Waals surface area contributed by atoms with Crippen molar-refractivity contribution < 1.29 is 18.0 Å². The van der Waals surface area contributed by atoms with Crippen molar-refractivity contribution in [2.24, 2.45) is 0 Å². The zero-order valence-corrected chi connectivity index (χ0v) is 15.0. The van der Waals surface area contributed by atoms with E-state index in [1.165, 1.54) is 43.0 Å². The van der Waals surface area contributed by atoms with Gasteiger partial charge < -0.3 is 5.32 Å². The van der Waals surface area contributed by atoms with Crippen LogP contribution < -0.4 is 10.0 Å². The number of carbonyl (C=O) groups excluding carboxylic acids is 2. The van der Waals surface area contributed by atoms with Crippen LogP contribution in [0.5, 0.6) is 0 Å². The van der Waals surface area contributed by atoms with Crippen LogP contribution in [0.2, 0.25) is 0 Å². The van der Waals surface area contributed by atoms with E-state index >= 15 is 0 Å². The van der Waals surface area contributed by atoms with Crippen LogP contribution in [0, 0.1) is 0 Å². The molecule has 0 bridgehead atoms. The lowest BCUT2D eigenvalue weighted by molar-refractivity contribution is -0.115. The van der Waals surface area contributed by atoms with Crippen molar-refractivity contribution in [2.75, 3.05) is 15.8 Å². The summed E-state index contributed by atoms with van der Waals surface area (Å²) in [6.45, 7) is 1.45. The number of hydrogen-bond acceptors (Lipinski definition) is 5. The molecule has 1 amide bonds. The minimum absolute atomic E-state index is 0.0599.